The van der Waals surface area contributed by atoms with Gasteiger partial charge >= 0.3 is 5.97 Å². The van der Waals surface area contributed by atoms with Crippen LogP contribution in [0, 0.1) is 12.3 Å². The number of carboxylic acids is 1. The van der Waals surface area contributed by atoms with Gasteiger partial charge in [0.2, 0.25) is 0 Å². The van der Waals surface area contributed by atoms with Gasteiger partial charge in [0.25, 0.3) is 0 Å². The van der Waals surface area contributed by atoms with Crippen LogP contribution < -0.4 is 9.47 Å². The van der Waals surface area contributed by atoms with Crippen LogP contribution in [0.5, 0.6) is 11.5 Å². The number of carboxylic acid groups (broad SMARTS) is 1. The Morgan fingerprint density at radius 3 is 2.39 bits per heavy atom. The first-order valence-corrected chi connectivity index (χ1v) is 6.03. The molecule has 4 heteroatoms. The third-order valence-electron chi connectivity index (χ3n) is 3.21. The van der Waals surface area contributed by atoms with E-state index in [0.717, 1.165) is 16.9 Å². The van der Waals surface area contributed by atoms with E-state index in [2.05, 4.69) is 0 Å². The third-order valence-corrected chi connectivity index (χ3v) is 3.21. The molecule has 0 unspecified atom stereocenters. The van der Waals surface area contributed by atoms with Crippen molar-refractivity contribution in [1.82, 2.24) is 0 Å². The summed E-state index contributed by atoms with van der Waals surface area (Å²) in [6.07, 6.45) is 0.477. The van der Waals surface area contributed by atoms with Gasteiger partial charge in [-0.05, 0) is 50.5 Å². The summed E-state index contributed by atoms with van der Waals surface area (Å²) in [7, 11) is 0. The van der Waals surface area contributed by atoms with Gasteiger partial charge in [0, 0.05) is 0 Å². The Labute approximate surface area is 107 Å². The fraction of sp³-hybridized carbons (Fsp3) is 0.500. The molecule has 0 aliphatic carbocycles. The van der Waals surface area contributed by atoms with Gasteiger partial charge in [-0.2, -0.15) is 0 Å². The molecular weight excluding hydrogens is 232 g/mol. The van der Waals surface area contributed by atoms with Crippen molar-refractivity contribution in [1.29, 1.82) is 0 Å². The van der Waals surface area contributed by atoms with E-state index in [0.29, 0.717) is 25.4 Å². The Kier molecular flexibility index (Phi) is 3.20. The summed E-state index contributed by atoms with van der Waals surface area (Å²) >= 11 is 0. The van der Waals surface area contributed by atoms with Gasteiger partial charge in [0.1, 0.15) is 13.2 Å². The largest absolute Gasteiger partial charge is 0.486 e. The number of aliphatic carboxylic acids is 1. The first-order chi connectivity index (χ1) is 8.40. The number of hydrogen-bond donors (Lipinski definition) is 1. The summed E-state index contributed by atoms with van der Waals surface area (Å²) in [4.78, 5) is 11.2. The Morgan fingerprint density at radius 2 is 1.83 bits per heavy atom. The molecule has 0 radical (unpaired) electrons. The van der Waals surface area contributed by atoms with E-state index in [4.69, 9.17) is 9.47 Å². The minimum atomic E-state index is -0.795. The Balaban J connectivity index is 2.31. The first-order valence-electron chi connectivity index (χ1n) is 6.03. The van der Waals surface area contributed by atoms with E-state index >= 15 is 0 Å². The maximum Gasteiger partial charge on any atom is 0.309 e. The van der Waals surface area contributed by atoms with E-state index in [1.54, 1.807) is 13.8 Å². The molecular formula is C14H18O4. The zero-order valence-corrected chi connectivity index (χ0v) is 10.9. The second-order valence-corrected chi connectivity index (χ2v) is 5.29. The number of carbonyl (C=O) groups is 1. The summed E-state index contributed by atoms with van der Waals surface area (Å²) in [5, 5.41) is 9.18. The molecule has 1 heterocycles. The fourth-order valence-electron chi connectivity index (χ4n) is 1.97. The molecule has 1 aromatic rings. The van der Waals surface area contributed by atoms with Gasteiger partial charge in [-0.15, -0.1) is 0 Å². The second kappa shape index (κ2) is 4.52. The molecule has 0 saturated carbocycles. The number of benzene rings is 1. The number of aryl methyl sites for hydroxylation is 1. The Bertz CT molecular complexity index is 477. The molecule has 2 rings (SSSR count). The zero-order chi connectivity index (χ0) is 13.3. The second-order valence-electron chi connectivity index (χ2n) is 5.29. The molecule has 4 nitrogen and oxygen atoms in total. The summed E-state index contributed by atoms with van der Waals surface area (Å²) in [5.41, 5.74) is 1.24. The maximum absolute atomic E-state index is 11.2. The molecule has 98 valence electrons. The van der Waals surface area contributed by atoms with Gasteiger partial charge in [0.05, 0.1) is 5.41 Å². The van der Waals surface area contributed by atoms with Crippen LogP contribution in [0.4, 0.5) is 0 Å². The van der Waals surface area contributed by atoms with Crippen LogP contribution in [0.25, 0.3) is 0 Å². The maximum atomic E-state index is 11.2. The van der Waals surface area contributed by atoms with E-state index in [1.807, 2.05) is 19.1 Å². The third kappa shape index (κ3) is 2.42. The molecule has 0 saturated heterocycles. The molecule has 1 aliphatic rings. The Morgan fingerprint density at radius 1 is 1.28 bits per heavy atom. The molecule has 0 bridgehead atoms. The number of ether oxygens (including phenoxy) is 2. The highest BCUT2D eigenvalue weighted by molar-refractivity contribution is 5.74. The summed E-state index contributed by atoms with van der Waals surface area (Å²) in [6, 6.07) is 3.82. The summed E-state index contributed by atoms with van der Waals surface area (Å²) < 4.78 is 11.0. The van der Waals surface area contributed by atoms with Crippen LogP contribution in [-0.4, -0.2) is 24.3 Å². The fourth-order valence-corrected chi connectivity index (χ4v) is 1.97. The SMILES string of the molecule is Cc1cc2c(cc1CC(C)(C)C(=O)O)OCCO2. The quantitative estimate of drug-likeness (QED) is 0.895. The van der Waals surface area contributed by atoms with Crippen molar-refractivity contribution in [2.24, 2.45) is 5.41 Å². The molecule has 1 N–H and O–H groups in total. The van der Waals surface area contributed by atoms with Crippen LogP contribution in [-0.2, 0) is 11.2 Å². The minimum absolute atomic E-state index is 0.477. The highest BCUT2D eigenvalue weighted by Crippen LogP contribution is 2.35. The van der Waals surface area contributed by atoms with Crippen LogP contribution in [0.2, 0.25) is 0 Å². The molecule has 0 aromatic heterocycles. The number of fused-ring (bicyclic) bond motifs is 1. The van der Waals surface area contributed by atoms with Crippen molar-refractivity contribution < 1.29 is 19.4 Å². The van der Waals surface area contributed by atoms with Crippen molar-refractivity contribution in [3.63, 3.8) is 0 Å². The smallest absolute Gasteiger partial charge is 0.309 e. The first kappa shape index (κ1) is 12.7. The van der Waals surface area contributed by atoms with Crippen molar-refractivity contribution in [2.45, 2.75) is 27.2 Å². The standard InChI is InChI=1S/C14H18O4/c1-9-6-11-12(18-5-4-17-11)7-10(9)8-14(2,3)13(15)16/h6-7H,4-5,8H2,1-3H3,(H,15,16). The highest BCUT2D eigenvalue weighted by atomic mass is 16.6. The average molecular weight is 250 g/mol. The van der Waals surface area contributed by atoms with Crippen LogP contribution in [0.3, 0.4) is 0 Å². The lowest BCUT2D eigenvalue weighted by molar-refractivity contribution is -0.146. The van der Waals surface area contributed by atoms with Crippen molar-refractivity contribution in [2.75, 3.05) is 13.2 Å². The van der Waals surface area contributed by atoms with Gasteiger partial charge in [-0.25, -0.2) is 0 Å². The molecule has 0 fully saturated rings. The minimum Gasteiger partial charge on any atom is -0.486 e. The van der Waals surface area contributed by atoms with Crippen LogP contribution in [0.15, 0.2) is 12.1 Å². The molecule has 0 amide bonds. The zero-order valence-electron chi connectivity index (χ0n) is 10.9. The van der Waals surface area contributed by atoms with Crippen molar-refractivity contribution in [3.05, 3.63) is 23.3 Å². The summed E-state index contributed by atoms with van der Waals surface area (Å²) in [5.74, 6) is 0.662. The van der Waals surface area contributed by atoms with Gasteiger partial charge < -0.3 is 14.6 Å². The van der Waals surface area contributed by atoms with E-state index in [-0.39, 0.29) is 0 Å². The summed E-state index contributed by atoms with van der Waals surface area (Å²) in [6.45, 7) is 6.52. The molecule has 1 aromatic carbocycles. The normalized spacial score (nSPS) is 14.4. The molecule has 18 heavy (non-hydrogen) atoms. The average Bonchev–Trinajstić information content (AvgIpc) is 2.29. The number of rotatable bonds is 3. The van der Waals surface area contributed by atoms with Gasteiger partial charge in [-0.1, -0.05) is 0 Å². The lowest BCUT2D eigenvalue weighted by Crippen LogP contribution is -2.26. The van der Waals surface area contributed by atoms with Crippen molar-refractivity contribution in [3.8, 4) is 11.5 Å². The molecule has 1 aliphatic heterocycles. The van der Waals surface area contributed by atoms with E-state index in [9.17, 15) is 9.90 Å². The Hall–Kier alpha value is -1.71. The molecule has 0 atom stereocenters. The topological polar surface area (TPSA) is 55.8 Å². The molecule has 0 spiro atoms. The van der Waals surface area contributed by atoms with Crippen molar-refractivity contribution >= 4 is 5.97 Å². The highest BCUT2D eigenvalue weighted by Gasteiger charge is 2.28. The predicted molar refractivity (Wildman–Crippen MR) is 67.3 cm³/mol. The van der Waals surface area contributed by atoms with E-state index < -0.39 is 11.4 Å². The monoisotopic (exact) mass is 250 g/mol. The van der Waals surface area contributed by atoms with E-state index in [1.165, 1.54) is 0 Å². The lowest BCUT2D eigenvalue weighted by Gasteiger charge is -2.23. The lowest BCUT2D eigenvalue weighted by atomic mass is 9.84. The predicted octanol–water partition coefficient (Wildman–Crippen LogP) is 2.42. The van der Waals surface area contributed by atoms with Gasteiger partial charge in [-0.3, -0.25) is 4.79 Å². The number of hydrogen-bond acceptors (Lipinski definition) is 3. The van der Waals surface area contributed by atoms with Crippen LogP contribution >= 0.6 is 0 Å². The van der Waals surface area contributed by atoms with Gasteiger partial charge in [0.15, 0.2) is 11.5 Å². The van der Waals surface area contributed by atoms with Crippen LogP contribution in [0.1, 0.15) is 25.0 Å².